The van der Waals surface area contributed by atoms with E-state index < -0.39 is 11.6 Å². The SMILES string of the molecule is CN=C(NCC(C)c1ccc(F)c(F)c1)N1CCC(C(=O)N2CCOCC2)CC1. The number of nitrogens with zero attached hydrogens (tertiary/aromatic N) is 3. The van der Waals surface area contributed by atoms with Gasteiger partial charge in [0.15, 0.2) is 17.6 Å². The van der Waals surface area contributed by atoms with Crippen molar-refractivity contribution in [3.05, 3.63) is 35.4 Å². The van der Waals surface area contributed by atoms with Crippen molar-refractivity contribution in [2.75, 3.05) is 53.0 Å². The number of rotatable bonds is 4. The lowest BCUT2D eigenvalue weighted by Gasteiger charge is -2.37. The van der Waals surface area contributed by atoms with Gasteiger partial charge in [0, 0.05) is 45.7 Å². The molecule has 1 unspecified atom stereocenters. The standard InChI is InChI=1S/C21H30F2N4O2/c1-15(17-3-4-18(22)19(23)13-17)14-25-21(24-2)27-7-5-16(6-8-27)20(28)26-9-11-29-12-10-26/h3-4,13,15-16H,5-12,14H2,1-2H3,(H,24,25). The lowest BCUT2D eigenvalue weighted by molar-refractivity contribution is -0.140. The molecule has 1 N–H and O–H groups in total. The summed E-state index contributed by atoms with van der Waals surface area (Å²) in [4.78, 5) is 21.1. The number of halogens is 2. The van der Waals surface area contributed by atoms with Crippen LogP contribution in [0.4, 0.5) is 8.78 Å². The maximum absolute atomic E-state index is 13.5. The molecule has 1 aromatic carbocycles. The minimum Gasteiger partial charge on any atom is -0.378 e. The minimum atomic E-state index is -0.834. The van der Waals surface area contributed by atoms with Crippen LogP contribution in [0.15, 0.2) is 23.2 Å². The molecule has 1 amide bonds. The number of guanidine groups is 1. The molecule has 2 heterocycles. The molecule has 2 fully saturated rings. The topological polar surface area (TPSA) is 57.2 Å². The van der Waals surface area contributed by atoms with E-state index in [1.54, 1.807) is 13.1 Å². The first kappa shape index (κ1) is 21.5. The van der Waals surface area contributed by atoms with Gasteiger partial charge in [0.05, 0.1) is 13.2 Å². The van der Waals surface area contributed by atoms with Crippen molar-refractivity contribution < 1.29 is 18.3 Å². The highest BCUT2D eigenvalue weighted by Gasteiger charge is 2.30. The van der Waals surface area contributed by atoms with Crippen LogP contribution in [0.1, 0.15) is 31.2 Å². The fraction of sp³-hybridized carbons (Fsp3) is 0.619. The average Bonchev–Trinajstić information content (AvgIpc) is 2.76. The normalized spacial score (nSPS) is 19.9. The number of carbonyl (C=O) groups excluding carboxylic acids is 1. The number of benzene rings is 1. The van der Waals surface area contributed by atoms with Crippen molar-refractivity contribution in [2.45, 2.75) is 25.7 Å². The second-order valence-corrected chi connectivity index (χ2v) is 7.70. The first-order valence-electron chi connectivity index (χ1n) is 10.3. The molecule has 0 spiro atoms. The van der Waals surface area contributed by atoms with Crippen LogP contribution in [0.2, 0.25) is 0 Å². The summed E-state index contributed by atoms with van der Waals surface area (Å²) in [5, 5.41) is 3.33. The maximum atomic E-state index is 13.5. The third-order valence-electron chi connectivity index (χ3n) is 5.76. The Morgan fingerprint density at radius 3 is 2.48 bits per heavy atom. The number of nitrogens with one attached hydrogen (secondary N) is 1. The van der Waals surface area contributed by atoms with E-state index in [1.165, 1.54) is 6.07 Å². The molecule has 0 aromatic heterocycles. The second-order valence-electron chi connectivity index (χ2n) is 7.70. The van der Waals surface area contributed by atoms with Gasteiger partial charge in [0.2, 0.25) is 5.91 Å². The Labute approximate surface area is 170 Å². The zero-order chi connectivity index (χ0) is 20.8. The van der Waals surface area contributed by atoms with Gasteiger partial charge in [-0.05, 0) is 36.5 Å². The second kappa shape index (κ2) is 10.0. The van der Waals surface area contributed by atoms with Crippen LogP contribution in [-0.2, 0) is 9.53 Å². The van der Waals surface area contributed by atoms with Crippen LogP contribution >= 0.6 is 0 Å². The van der Waals surface area contributed by atoms with Gasteiger partial charge in [-0.25, -0.2) is 8.78 Å². The first-order valence-corrected chi connectivity index (χ1v) is 10.3. The molecule has 0 radical (unpaired) electrons. The van der Waals surface area contributed by atoms with Crippen LogP contribution in [-0.4, -0.2) is 74.7 Å². The van der Waals surface area contributed by atoms with E-state index in [-0.39, 0.29) is 17.7 Å². The largest absolute Gasteiger partial charge is 0.378 e. The summed E-state index contributed by atoms with van der Waals surface area (Å²) in [5.41, 5.74) is 0.738. The van der Waals surface area contributed by atoms with Crippen LogP contribution in [0.3, 0.4) is 0 Å². The number of piperidine rings is 1. The average molecular weight is 408 g/mol. The molecule has 2 saturated heterocycles. The number of morpholine rings is 1. The molecule has 0 bridgehead atoms. The van der Waals surface area contributed by atoms with Crippen LogP contribution in [0, 0.1) is 17.6 Å². The van der Waals surface area contributed by atoms with Crippen LogP contribution < -0.4 is 5.32 Å². The summed E-state index contributed by atoms with van der Waals surface area (Å²) in [5.74, 6) is -0.588. The summed E-state index contributed by atoms with van der Waals surface area (Å²) < 4.78 is 31.9. The van der Waals surface area contributed by atoms with E-state index >= 15 is 0 Å². The molecule has 6 nitrogen and oxygen atoms in total. The summed E-state index contributed by atoms with van der Waals surface area (Å²) in [7, 11) is 1.73. The molecule has 2 aliphatic heterocycles. The Morgan fingerprint density at radius 2 is 1.86 bits per heavy atom. The molecule has 1 atom stereocenters. The summed E-state index contributed by atoms with van der Waals surface area (Å²) >= 11 is 0. The van der Waals surface area contributed by atoms with E-state index in [2.05, 4.69) is 15.2 Å². The Morgan fingerprint density at radius 1 is 1.17 bits per heavy atom. The number of ether oxygens (including phenoxy) is 1. The smallest absolute Gasteiger partial charge is 0.225 e. The Bertz CT molecular complexity index is 729. The number of likely N-dealkylation sites (tertiary alicyclic amines) is 1. The molecule has 1 aromatic rings. The van der Waals surface area contributed by atoms with Gasteiger partial charge in [-0.15, -0.1) is 0 Å². The highest BCUT2D eigenvalue weighted by Crippen LogP contribution is 2.21. The molecule has 29 heavy (non-hydrogen) atoms. The molecule has 8 heteroatoms. The van der Waals surface area contributed by atoms with Gasteiger partial charge in [-0.3, -0.25) is 9.79 Å². The third kappa shape index (κ3) is 5.44. The zero-order valence-electron chi connectivity index (χ0n) is 17.2. The number of aliphatic imine (C=N–C) groups is 1. The van der Waals surface area contributed by atoms with Crippen molar-refractivity contribution in [3.63, 3.8) is 0 Å². The van der Waals surface area contributed by atoms with Crippen molar-refractivity contribution in [1.82, 2.24) is 15.1 Å². The first-order chi connectivity index (χ1) is 14.0. The van der Waals surface area contributed by atoms with Crippen molar-refractivity contribution in [2.24, 2.45) is 10.9 Å². The Balaban J connectivity index is 1.48. The summed E-state index contributed by atoms with van der Waals surface area (Å²) in [6, 6.07) is 4.01. The molecular weight excluding hydrogens is 378 g/mol. The quantitative estimate of drug-likeness (QED) is 0.613. The number of carbonyl (C=O) groups is 1. The van der Waals surface area contributed by atoms with Gasteiger partial charge >= 0.3 is 0 Å². The summed E-state index contributed by atoms with van der Waals surface area (Å²) in [6.45, 7) is 6.66. The fourth-order valence-electron chi connectivity index (χ4n) is 3.89. The van der Waals surface area contributed by atoms with Crippen molar-refractivity contribution >= 4 is 11.9 Å². The van der Waals surface area contributed by atoms with E-state index in [1.807, 2.05) is 11.8 Å². The highest BCUT2D eigenvalue weighted by molar-refractivity contribution is 5.81. The number of hydrogen-bond acceptors (Lipinski definition) is 3. The lowest BCUT2D eigenvalue weighted by Crippen LogP contribution is -2.50. The van der Waals surface area contributed by atoms with E-state index in [4.69, 9.17) is 4.74 Å². The van der Waals surface area contributed by atoms with E-state index in [0.29, 0.717) is 32.8 Å². The minimum absolute atomic E-state index is 0.00212. The fourth-order valence-corrected chi connectivity index (χ4v) is 3.89. The lowest BCUT2D eigenvalue weighted by atomic mass is 9.95. The Kier molecular flexibility index (Phi) is 7.41. The predicted octanol–water partition coefficient (Wildman–Crippen LogP) is 2.21. The van der Waals surface area contributed by atoms with Gasteiger partial charge in [0.25, 0.3) is 0 Å². The third-order valence-corrected chi connectivity index (χ3v) is 5.76. The monoisotopic (exact) mass is 408 g/mol. The Hall–Kier alpha value is -2.22. The van der Waals surface area contributed by atoms with Gasteiger partial charge in [-0.2, -0.15) is 0 Å². The molecule has 0 saturated carbocycles. The highest BCUT2D eigenvalue weighted by atomic mass is 19.2. The predicted molar refractivity (Wildman–Crippen MR) is 108 cm³/mol. The van der Waals surface area contributed by atoms with Gasteiger partial charge in [0.1, 0.15) is 0 Å². The molecule has 160 valence electrons. The van der Waals surface area contributed by atoms with Crippen LogP contribution in [0.25, 0.3) is 0 Å². The van der Waals surface area contributed by atoms with Crippen LogP contribution in [0.5, 0.6) is 0 Å². The zero-order valence-corrected chi connectivity index (χ0v) is 17.2. The van der Waals surface area contributed by atoms with Crippen molar-refractivity contribution in [3.8, 4) is 0 Å². The van der Waals surface area contributed by atoms with Gasteiger partial charge in [-0.1, -0.05) is 13.0 Å². The molecule has 2 aliphatic rings. The number of hydrogen-bond donors (Lipinski definition) is 1. The summed E-state index contributed by atoms with van der Waals surface area (Å²) in [6.07, 6.45) is 1.60. The van der Waals surface area contributed by atoms with Gasteiger partial charge < -0.3 is 19.9 Å². The maximum Gasteiger partial charge on any atom is 0.225 e. The number of amides is 1. The molecule has 0 aliphatic carbocycles. The van der Waals surface area contributed by atoms with Crippen molar-refractivity contribution in [1.29, 1.82) is 0 Å². The molecular formula is C21H30F2N4O2. The van der Waals surface area contributed by atoms with E-state index in [9.17, 15) is 13.6 Å². The molecule has 3 rings (SSSR count). The van der Waals surface area contributed by atoms with E-state index in [0.717, 1.165) is 43.5 Å².